The molecule has 5 nitrogen and oxygen atoms in total. The molecule has 7 heteroatoms. The maximum absolute atomic E-state index is 11.5. The van der Waals surface area contributed by atoms with E-state index in [0.717, 1.165) is 12.8 Å². The number of hydrogen-bond acceptors (Lipinski definition) is 3. The Labute approximate surface area is 104 Å². The number of primary sulfonamides is 1. The lowest BCUT2D eigenvalue weighted by Gasteiger charge is -2.08. The van der Waals surface area contributed by atoms with Gasteiger partial charge in [0.15, 0.2) is 0 Å². The molecule has 0 saturated heterocycles. The number of halogens is 1. The van der Waals surface area contributed by atoms with E-state index < -0.39 is 10.0 Å². The number of carbonyl (C=O) groups is 1. The quantitative estimate of drug-likeness (QED) is 0.871. The molecule has 1 saturated carbocycles. The van der Waals surface area contributed by atoms with E-state index in [4.69, 9.17) is 16.7 Å². The van der Waals surface area contributed by atoms with Gasteiger partial charge in [0.25, 0.3) is 0 Å². The summed E-state index contributed by atoms with van der Waals surface area (Å²) in [5, 5.41) is 7.87. The fraction of sp³-hybridized carbons (Fsp3) is 0.300. The van der Waals surface area contributed by atoms with Crippen molar-refractivity contribution in [1.82, 2.24) is 0 Å². The smallest absolute Gasteiger partial charge is 0.238 e. The first kappa shape index (κ1) is 12.3. The van der Waals surface area contributed by atoms with E-state index in [2.05, 4.69) is 5.32 Å². The first-order chi connectivity index (χ1) is 7.88. The Kier molecular flexibility index (Phi) is 3.11. The maximum atomic E-state index is 11.5. The Hall–Kier alpha value is -1.11. The summed E-state index contributed by atoms with van der Waals surface area (Å²) in [6.07, 6.45) is 1.72. The number of hydrogen-bond donors (Lipinski definition) is 2. The fourth-order valence-electron chi connectivity index (χ4n) is 1.36. The summed E-state index contributed by atoms with van der Waals surface area (Å²) < 4.78 is 22.3. The van der Waals surface area contributed by atoms with Crippen molar-refractivity contribution in [2.75, 3.05) is 5.32 Å². The second kappa shape index (κ2) is 4.29. The molecule has 1 amide bonds. The van der Waals surface area contributed by atoms with E-state index in [1.54, 1.807) is 0 Å². The molecule has 0 heterocycles. The molecule has 0 aliphatic heterocycles. The van der Waals surface area contributed by atoms with Crippen molar-refractivity contribution < 1.29 is 13.2 Å². The van der Waals surface area contributed by atoms with Gasteiger partial charge in [0.05, 0.1) is 15.6 Å². The number of rotatable bonds is 3. The molecule has 0 spiro atoms. The van der Waals surface area contributed by atoms with Crippen molar-refractivity contribution in [2.24, 2.45) is 11.1 Å². The van der Waals surface area contributed by atoms with Crippen molar-refractivity contribution >= 4 is 33.2 Å². The number of anilines is 1. The van der Waals surface area contributed by atoms with E-state index in [-0.39, 0.29) is 27.4 Å². The highest BCUT2D eigenvalue weighted by molar-refractivity contribution is 7.89. The predicted molar refractivity (Wildman–Crippen MR) is 64.2 cm³/mol. The SMILES string of the molecule is NS(=O)(=O)c1ccc(Cl)c(NC(=O)C2CC2)c1. The van der Waals surface area contributed by atoms with Crippen LogP contribution in [0.1, 0.15) is 12.8 Å². The topological polar surface area (TPSA) is 89.3 Å². The van der Waals surface area contributed by atoms with Gasteiger partial charge in [-0.05, 0) is 31.0 Å². The number of amides is 1. The van der Waals surface area contributed by atoms with Crippen LogP contribution in [0.5, 0.6) is 0 Å². The minimum absolute atomic E-state index is 0.0178. The average Bonchev–Trinajstić information content (AvgIpc) is 3.02. The van der Waals surface area contributed by atoms with E-state index in [9.17, 15) is 13.2 Å². The van der Waals surface area contributed by atoms with Crippen LogP contribution in [0, 0.1) is 5.92 Å². The third-order valence-corrected chi connectivity index (χ3v) is 3.71. The summed E-state index contributed by atoms with van der Waals surface area (Å²) in [5.41, 5.74) is 0.273. The second-order valence-corrected chi connectivity index (χ2v) is 5.92. The van der Waals surface area contributed by atoms with E-state index >= 15 is 0 Å². The molecule has 1 aromatic carbocycles. The van der Waals surface area contributed by atoms with Gasteiger partial charge in [-0.25, -0.2) is 13.6 Å². The third kappa shape index (κ3) is 2.96. The minimum atomic E-state index is -3.79. The molecule has 0 bridgehead atoms. The molecular formula is C10H11ClN2O3S. The van der Waals surface area contributed by atoms with Gasteiger partial charge in [-0.2, -0.15) is 0 Å². The first-order valence-corrected chi connectivity index (χ1v) is 6.93. The Morgan fingerprint density at radius 2 is 2.06 bits per heavy atom. The highest BCUT2D eigenvalue weighted by Crippen LogP contribution is 2.32. The van der Waals surface area contributed by atoms with Gasteiger partial charge in [0, 0.05) is 5.92 Å². The van der Waals surface area contributed by atoms with Gasteiger partial charge in [-0.15, -0.1) is 0 Å². The van der Waals surface area contributed by atoms with Crippen molar-refractivity contribution in [3.63, 3.8) is 0 Å². The molecule has 1 aliphatic carbocycles. The Bertz CT molecular complexity index is 567. The highest BCUT2D eigenvalue weighted by Gasteiger charge is 2.30. The molecule has 17 heavy (non-hydrogen) atoms. The summed E-state index contributed by atoms with van der Waals surface area (Å²) in [7, 11) is -3.79. The maximum Gasteiger partial charge on any atom is 0.238 e. The summed E-state index contributed by atoms with van der Waals surface area (Å²) in [6, 6.07) is 3.95. The van der Waals surface area contributed by atoms with Gasteiger partial charge < -0.3 is 5.32 Å². The number of carbonyl (C=O) groups excluding carboxylic acids is 1. The summed E-state index contributed by atoms with van der Waals surface area (Å²) in [6.45, 7) is 0. The molecule has 92 valence electrons. The average molecular weight is 275 g/mol. The van der Waals surface area contributed by atoms with Gasteiger partial charge in [0.2, 0.25) is 15.9 Å². The van der Waals surface area contributed by atoms with Gasteiger partial charge >= 0.3 is 0 Å². The monoisotopic (exact) mass is 274 g/mol. The summed E-state index contributed by atoms with van der Waals surface area (Å²) in [5.74, 6) is -0.123. The minimum Gasteiger partial charge on any atom is -0.324 e. The van der Waals surface area contributed by atoms with Gasteiger partial charge in [0.1, 0.15) is 0 Å². The van der Waals surface area contributed by atoms with E-state index in [0.29, 0.717) is 0 Å². The van der Waals surface area contributed by atoms with Crippen LogP contribution in [0.25, 0.3) is 0 Å². The van der Waals surface area contributed by atoms with Crippen LogP contribution in [0.15, 0.2) is 23.1 Å². The van der Waals surface area contributed by atoms with Crippen molar-refractivity contribution in [3.8, 4) is 0 Å². The first-order valence-electron chi connectivity index (χ1n) is 5.01. The Morgan fingerprint density at radius 1 is 1.41 bits per heavy atom. The van der Waals surface area contributed by atoms with E-state index in [1.165, 1.54) is 18.2 Å². The zero-order valence-corrected chi connectivity index (χ0v) is 10.4. The normalized spacial score (nSPS) is 15.6. The van der Waals surface area contributed by atoms with Crippen LogP contribution in [0.3, 0.4) is 0 Å². The number of sulfonamides is 1. The lowest BCUT2D eigenvalue weighted by molar-refractivity contribution is -0.117. The molecular weight excluding hydrogens is 264 g/mol. The molecule has 1 aromatic rings. The zero-order chi connectivity index (χ0) is 12.6. The molecule has 0 radical (unpaired) electrons. The van der Waals surface area contributed by atoms with Crippen molar-refractivity contribution in [1.29, 1.82) is 0 Å². The molecule has 1 fully saturated rings. The molecule has 1 aliphatic rings. The number of benzene rings is 1. The second-order valence-electron chi connectivity index (χ2n) is 3.95. The number of nitrogens with one attached hydrogen (secondary N) is 1. The molecule has 3 N–H and O–H groups in total. The van der Waals surface area contributed by atoms with Crippen LogP contribution in [-0.2, 0) is 14.8 Å². The van der Waals surface area contributed by atoms with Crippen LogP contribution in [0.4, 0.5) is 5.69 Å². The van der Waals surface area contributed by atoms with Crippen molar-refractivity contribution in [3.05, 3.63) is 23.2 Å². The lowest BCUT2D eigenvalue weighted by atomic mass is 10.3. The highest BCUT2D eigenvalue weighted by atomic mass is 35.5. The number of nitrogens with two attached hydrogens (primary N) is 1. The Morgan fingerprint density at radius 3 is 2.59 bits per heavy atom. The lowest BCUT2D eigenvalue weighted by Crippen LogP contribution is -2.16. The predicted octanol–water partition coefficient (Wildman–Crippen LogP) is 1.34. The molecule has 2 rings (SSSR count). The van der Waals surface area contributed by atoms with Crippen LogP contribution >= 0.6 is 11.6 Å². The molecule has 0 aromatic heterocycles. The third-order valence-electron chi connectivity index (χ3n) is 2.47. The Balaban J connectivity index is 2.29. The standard InChI is InChI=1S/C10H11ClN2O3S/c11-8-4-3-7(17(12,15)16)5-9(8)13-10(14)6-1-2-6/h3-6H,1-2H2,(H,13,14)(H2,12,15,16). The fourth-order valence-corrected chi connectivity index (χ4v) is 2.06. The largest absolute Gasteiger partial charge is 0.324 e. The zero-order valence-electron chi connectivity index (χ0n) is 8.81. The van der Waals surface area contributed by atoms with Gasteiger partial charge in [-0.1, -0.05) is 11.6 Å². The molecule has 0 atom stereocenters. The van der Waals surface area contributed by atoms with Crippen LogP contribution in [0.2, 0.25) is 5.02 Å². The van der Waals surface area contributed by atoms with Crippen LogP contribution < -0.4 is 10.5 Å². The van der Waals surface area contributed by atoms with Gasteiger partial charge in [-0.3, -0.25) is 4.79 Å². The summed E-state index contributed by atoms with van der Waals surface area (Å²) >= 11 is 5.87. The molecule has 0 unspecified atom stereocenters. The van der Waals surface area contributed by atoms with E-state index in [1.807, 2.05) is 0 Å². The van der Waals surface area contributed by atoms with Crippen molar-refractivity contribution in [2.45, 2.75) is 17.7 Å². The van der Waals surface area contributed by atoms with Crippen LogP contribution in [-0.4, -0.2) is 14.3 Å². The summed E-state index contributed by atoms with van der Waals surface area (Å²) in [4.78, 5) is 11.5.